The highest BCUT2D eigenvalue weighted by molar-refractivity contribution is 7.59. The molecule has 0 aliphatic rings. The summed E-state index contributed by atoms with van der Waals surface area (Å²) in [5.74, 6) is 0. The van der Waals surface area contributed by atoms with E-state index in [2.05, 4.69) is 0 Å². The zero-order valence-corrected chi connectivity index (χ0v) is 6.65. The van der Waals surface area contributed by atoms with Crippen molar-refractivity contribution in [1.29, 1.82) is 0 Å². The molecule has 0 saturated heterocycles. The van der Waals surface area contributed by atoms with Crippen molar-refractivity contribution in [1.82, 2.24) is 0 Å². The maximum Gasteiger partial charge on any atom is 0.162 e. The van der Waals surface area contributed by atoms with Crippen molar-refractivity contribution in [3.63, 3.8) is 0 Å². The molecular formula is C6H8N2O2S. The quantitative estimate of drug-likeness (QED) is 0.542. The summed E-state index contributed by atoms with van der Waals surface area (Å²) in [5.41, 5.74) is 2.52. The van der Waals surface area contributed by atoms with Crippen molar-refractivity contribution in [3.8, 4) is 0 Å². The van der Waals surface area contributed by atoms with Gasteiger partial charge in [0.2, 0.25) is 0 Å². The fourth-order valence-corrected chi connectivity index (χ4v) is 0.618. The zero-order valence-electron chi connectivity index (χ0n) is 5.65. The van der Waals surface area contributed by atoms with Gasteiger partial charge in [0.15, 0.2) is 5.03 Å². The lowest BCUT2D eigenvalue weighted by molar-refractivity contribution is -0.445. The molecule has 0 fully saturated rings. The number of nitrogens with one attached hydrogen (secondary N) is 1. The Labute approximate surface area is 70.8 Å². The monoisotopic (exact) mass is 172 g/mol. The molecule has 1 aromatic carbocycles. The van der Waals surface area contributed by atoms with Crippen LogP contribution < -0.4 is 5.43 Å². The van der Waals surface area contributed by atoms with E-state index in [1.54, 1.807) is 30.3 Å². The minimum atomic E-state index is -0.588. The van der Waals surface area contributed by atoms with E-state index in [-0.39, 0.29) is 13.5 Å². The lowest BCUT2D eigenvalue weighted by Crippen LogP contribution is -2.06. The number of para-hydroxylation sites is 1. The lowest BCUT2D eigenvalue weighted by Gasteiger charge is -1.93. The van der Waals surface area contributed by atoms with Gasteiger partial charge in [0.25, 0.3) is 0 Å². The maximum absolute atomic E-state index is 9.86. The Bertz CT molecular complexity index is 227. The van der Waals surface area contributed by atoms with E-state index in [4.69, 9.17) is 0 Å². The van der Waals surface area contributed by atoms with Crippen LogP contribution in [0.4, 0.5) is 5.69 Å². The summed E-state index contributed by atoms with van der Waals surface area (Å²) in [6, 6.07) is 8.51. The van der Waals surface area contributed by atoms with E-state index >= 15 is 0 Å². The van der Waals surface area contributed by atoms with Gasteiger partial charge in [-0.3, -0.25) is 0 Å². The van der Waals surface area contributed by atoms with Gasteiger partial charge in [-0.25, -0.2) is 10.1 Å². The summed E-state index contributed by atoms with van der Waals surface area (Å²) >= 11 is 0. The summed E-state index contributed by atoms with van der Waals surface area (Å²) in [5, 5.41) is 9.28. The number of hydrogen-bond acceptors (Lipinski definition) is 2. The maximum atomic E-state index is 9.86. The standard InChI is InChI=1S/C6H6N2O2.H2S/c9-8(10)7-6-4-2-1-3-5-6;/h1-5,7H;1H2. The first-order valence-electron chi connectivity index (χ1n) is 2.75. The molecule has 0 spiro atoms. The van der Waals surface area contributed by atoms with E-state index in [0.29, 0.717) is 5.69 Å². The Kier molecular flexibility index (Phi) is 4.05. The zero-order chi connectivity index (χ0) is 7.40. The van der Waals surface area contributed by atoms with Crippen LogP contribution in [0.5, 0.6) is 0 Å². The number of rotatable bonds is 2. The molecule has 0 aliphatic heterocycles. The second-order valence-corrected chi connectivity index (χ2v) is 1.73. The molecule has 0 aliphatic carbocycles. The third-order valence-electron chi connectivity index (χ3n) is 0.994. The minimum absolute atomic E-state index is 0. The van der Waals surface area contributed by atoms with Crippen molar-refractivity contribution in [2.45, 2.75) is 0 Å². The molecule has 0 atom stereocenters. The van der Waals surface area contributed by atoms with Gasteiger partial charge in [-0.2, -0.15) is 13.5 Å². The van der Waals surface area contributed by atoms with Crippen LogP contribution >= 0.6 is 13.5 Å². The van der Waals surface area contributed by atoms with Gasteiger partial charge in [0.1, 0.15) is 5.69 Å². The highest BCUT2D eigenvalue weighted by Crippen LogP contribution is 2.03. The van der Waals surface area contributed by atoms with Gasteiger partial charge >= 0.3 is 0 Å². The molecule has 0 radical (unpaired) electrons. The Morgan fingerprint density at radius 2 is 1.82 bits per heavy atom. The van der Waals surface area contributed by atoms with E-state index in [0.717, 1.165) is 0 Å². The van der Waals surface area contributed by atoms with Crippen LogP contribution in [0.15, 0.2) is 30.3 Å². The molecule has 1 rings (SSSR count). The second-order valence-electron chi connectivity index (χ2n) is 1.73. The van der Waals surface area contributed by atoms with E-state index < -0.39 is 5.03 Å². The number of nitro groups is 1. The topological polar surface area (TPSA) is 55.2 Å². The van der Waals surface area contributed by atoms with Gasteiger partial charge in [0.05, 0.1) is 0 Å². The van der Waals surface area contributed by atoms with Gasteiger partial charge < -0.3 is 0 Å². The van der Waals surface area contributed by atoms with Crippen LogP contribution in [-0.4, -0.2) is 5.03 Å². The minimum Gasteiger partial charge on any atom is -0.235 e. The average molecular weight is 172 g/mol. The third kappa shape index (κ3) is 3.47. The summed E-state index contributed by atoms with van der Waals surface area (Å²) in [6.07, 6.45) is 0. The summed E-state index contributed by atoms with van der Waals surface area (Å²) in [7, 11) is 0. The molecule has 0 amide bonds. The molecule has 0 heterocycles. The number of hydrogen-bond donors (Lipinski definition) is 1. The number of nitrogens with zero attached hydrogens (tertiary/aromatic N) is 1. The summed E-state index contributed by atoms with van der Waals surface area (Å²) < 4.78 is 0. The number of hydrazine groups is 1. The summed E-state index contributed by atoms with van der Waals surface area (Å²) in [6.45, 7) is 0. The Morgan fingerprint density at radius 3 is 2.27 bits per heavy atom. The molecule has 1 N–H and O–H groups in total. The lowest BCUT2D eigenvalue weighted by atomic mass is 10.3. The van der Waals surface area contributed by atoms with E-state index in [1.807, 2.05) is 5.43 Å². The number of benzene rings is 1. The fraction of sp³-hybridized carbons (Fsp3) is 0. The Hall–Kier alpha value is -1.23. The molecule has 5 heteroatoms. The first kappa shape index (κ1) is 9.77. The van der Waals surface area contributed by atoms with Crippen molar-refractivity contribution in [3.05, 3.63) is 40.4 Å². The van der Waals surface area contributed by atoms with E-state index in [1.165, 1.54) is 0 Å². The van der Waals surface area contributed by atoms with Crippen molar-refractivity contribution in [2.24, 2.45) is 0 Å². The van der Waals surface area contributed by atoms with Crippen molar-refractivity contribution < 1.29 is 5.03 Å². The molecule has 4 nitrogen and oxygen atoms in total. The Balaban J connectivity index is 0.000001000. The first-order valence-corrected chi connectivity index (χ1v) is 2.75. The molecule has 0 aromatic heterocycles. The largest absolute Gasteiger partial charge is 0.235 e. The SMILES string of the molecule is O=[N+]([O-])Nc1ccccc1.S. The highest BCUT2D eigenvalue weighted by atomic mass is 32.1. The highest BCUT2D eigenvalue weighted by Gasteiger charge is 1.93. The first-order chi connectivity index (χ1) is 4.79. The molecule has 0 bridgehead atoms. The Morgan fingerprint density at radius 1 is 1.27 bits per heavy atom. The predicted octanol–water partition coefficient (Wildman–Crippen LogP) is 1.40. The second kappa shape index (κ2) is 4.56. The normalized spacial score (nSPS) is 8.00. The van der Waals surface area contributed by atoms with Gasteiger partial charge in [0, 0.05) is 0 Å². The smallest absolute Gasteiger partial charge is 0.162 e. The summed E-state index contributed by atoms with van der Waals surface area (Å²) in [4.78, 5) is 9.86. The van der Waals surface area contributed by atoms with Crippen molar-refractivity contribution in [2.75, 3.05) is 5.43 Å². The molecule has 60 valence electrons. The van der Waals surface area contributed by atoms with Crippen LogP contribution in [0, 0.1) is 10.1 Å². The molecular weight excluding hydrogens is 164 g/mol. The van der Waals surface area contributed by atoms with Gasteiger partial charge in [-0.15, -0.1) is 5.43 Å². The van der Waals surface area contributed by atoms with Crippen LogP contribution in [-0.2, 0) is 0 Å². The number of anilines is 1. The molecule has 0 saturated carbocycles. The van der Waals surface area contributed by atoms with Crippen molar-refractivity contribution >= 4 is 19.2 Å². The predicted molar refractivity (Wildman–Crippen MR) is 47.4 cm³/mol. The van der Waals surface area contributed by atoms with Crippen LogP contribution in [0.2, 0.25) is 0 Å². The third-order valence-corrected chi connectivity index (χ3v) is 0.994. The van der Waals surface area contributed by atoms with Crippen LogP contribution in [0.3, 0.4) is 0 Å². The van der Waals surface area contributed by atoms with Crippen LogP contribution in [0.25, 0.3) is 0 Å². The van der Waals surface area contributed by atoms with E-state index in [9.17, 15) is 10.1 Å². The van der Waals surface area contributed by atoms with Gasteiger partial charge in [-0.05, 0) is 12.1 Å². The van der Waals surface area contributed by atoms with Gasteiger partial charge in [-0.1, -0.05) is 18.2 Å². The average Bonchev–Trinajstić information content (AvgIpc) is 1.88. The molecule has 0 unspecified atom stereocenters. The fourth-order valence-electron chi connectivity index (χ4n) is 0.618. The van der Waals surface area contributed by atoms with Crippen LogP contribution in [0.1, 0.15) is 0 Å². The molecule has 11 heavy (non-hydrogen) atoms. The molecule has 1 aromatic rings.